The van der Waals surface area contributed by atoms with Gasteiger partial charge in [-0.15, -0.1) is 0 Å². The van der Waals surface area contributed by atoms with Gasteiger partial charge in [-0.1, -0.05) is 12.1 Å². The second kappa shape index (κ2) is 5.45. The van der Waals surface area contributed by atoms with Crippen molar-refractivity contribution in [3.8, 4) is 0 Å². The summed E-state index contributed by atoms with van der Waals surface area (Å²) in [4.78, 5) is 4.30. The summed E-state index contributed by atoms with van der Waals surface area (Å²) < 4.78 is 3.41. The molecule has 0 aliphatic heterocycles. The van der Waals surface area contributed by atoms with Crippen LogP contribution in [-0.2, 0) is 13.0 Å². The van der Waals surface area contributed by atoms with Crippen molar-refractivity contribution < 1.29 is 0 Å². The number of rotatable bonds is 4. The first-order valence-electron chi connectivity index (χ1n) is 5.24. The lowest BCUT2D eigenvalue weighted by atomic mass is 10.2. The topological polar surface area (TPSA) is 43.8 Å². The third-order valence-corrected chi connectivity index (χ3v) is 3.15. The normalized spacial score (nSPS) is 10.6. The van der Waals surface area contributed by atoms with Gasteiger partial charge in [-0.25, -0.2) is 4.98 Å². The summed E-state index contributed by atoms with van der Waals surface area (Å²) >= 11 is 2.31. The van der Waals surface area contributed by atoms with Crippen molar-refractivity contribution in [2.75, 3.05) is 6.54 Å². The minimum absolute atomic E-state index is 0.643. The molecule has 0 saturated carbocycles. The number of hydrogen-bond donors (Lipinski definition) is 1. The van der Waals surface area contributed by atoms with E-state index in [1.165, 1.54) is 9.13 Å². The number of halogens is 1. The summed E-state index contributed by atoms with van der Waals surface area (Å²) in [5, 5.41) is 0. The zero-order valence-electron chi connectivity index (χ0n) is 8.94. The van der Waals surface area contributed by atoms with E-state index in [4.69, 9.17) is 5.73 Å². The van der Waals surface area contributed by atoms with Crippen LogP contribution in [0.4, 0.5) is 0 Å². The molecule has 0 radical (unpaired) electrons. The molecule has 0 fully saturated rings. The van der Waals surface area contributed by atoms with Gasteiger partial charge in [-0.05, 0) is 46.8 Å². The Morgan fingerprint density at radius 2 is 2.00 bits per heavy atom. The fourth-order valence-electron chi connectivity index (χ4n) is 1.63. The number of benzene rings is 1. The van der Waals surface area contributed by atoms with Crippen LogP contribution in [0.15, 0.2) is 36.7 Å². The molecule has 16 heavy (non-hydrogen) atoms. The fraction of sp³-hybridized carbons (Fsp3) is 0.250. The van der Waals surface area contributed by atoms with E-state index in [0.717, 1.165) is 18.8 Å². The third-order valence-electron chi connectivity index (χ3n) is 2.44. The Balaban J connectivity index is 2.13. The Morgan fingerprint density at radius 3 is 2.69 bits per heavy atom. The van der Waals surface area contributed by atoms with Gasteiger partial charge in [0.15, 0.2) is 0 Å². The van der Waals surface area contributed by atoms with Gasteiger partial charge in [0.05, 0.1) is 0 Å². The van der Waals surface area contributed by atoms with Gasteiger partial charge in [-0.2, -0.15) is 0 Å². The fourth-order valence-corrected chi connectivity index (χ4v) is 1.99. The Hall–Kier alpha value is -0.880. The standard InChI is InChI=1S/C12H14IN3/c13-11-3-1-10(2-4-11)9-16-8-7-15-12(16)5-6-14/h1-4,7-8H,5-6,9,14H2. The monoisotopic (exact) mass is 327 g/mol. The van der Waals surface area contributed by atoms with Crippen molar-refractivity contribution in [2.24, 2.45) is 5.73 Å². The van der Waals surface area contributed by atoms with Crippen LogP contribution in [0, 0.1) is 3.57 Å². The minimum atomic E-state index is 0.643. The van der Waals surface area contributed by atoms with E-state index >= 15 is 0 Å². The van der Waals surface area contributed by atoms with E-state index in [1.54, 1.807) is 0 Å². The summed E-state index contributed by atoms with van der Waals surface area (Å²) in [5.74, 6) is 1.06. The molecule has 1 aromatic heterocycles. The van der Waals surface area contributed by atoms with Crippen molar-refractivity contribution in [2.45, 2.75) is 13.0 Å². The SMILES string of the molecule is NCCc1nccn1Cc1ccc(I)cc1. The van der Waals surface area contributed by atoms with Crippen LogP contribution in [0.1, 0.15) is 11.4 Å². The second-order valence-corrected chi connectivity index (χ2v) is 4.88. The smallest absolute Gasteiger partial charge is 0.110 e. The maximum atomic E-state index is 5.55. The summed E-state index contributed by atoms with van der Waals surface area (Å²) in [6, 6.07) is 8.53. The van der Waals surface area contributed by atoms with E-state index in [9.17, 15) is 0 Å². The number of nitrogens with zero attached hydrogens (tertiary/aromatic N) is 2. The summed E-state index contributed by atoms with van der Waals surface area (Å²) in [7, 11) is 0. The molecule has 0 aliphatic carbocycles. The molecule has 0 atom stereocenters. The van der Waals surface area contributed by atoms with Crippen LogP contribution in [0.3, 0.4) is 0 Å². The van der Waals surface area contributed by atoms with E-state index in [0.29, 0.717) is 6.54 Å². The molecule has 4 heteroatoms. The molecule has 2 rings (SSSR count). The first-order chi connectivity index (χ1) is 7.79. The summed E-state index contributed by atoms with van der Waals surface area (Å²) in [5.41, 5.74) is 6.84. The molecule has 0 bridgehead atoms. The third kappa shape index (κ3) is 2.82. The molecule has 3 nitrogen and oxygen atoms in total. The number of nitrogens with two attached hydrogens (primary N) is 1. The van der Waals surface area contributed by atoms with Crippen LogP contribution in [0.5, 0.6) is 0 Å². The molecule has 0 unspecified atom stereocenters. The van der Waals surface area contributed by atoms with E-state index in [2.05, 4.69) is 56.4 Å². The molecule has 0 spiro atoms. The van der Waals surface area contributed by atoms with Crippen LogP contribution in [0.25, 0.3) is 0 Å². The van der Waals surface area contributed by atoms with E-state index in [1.807, 2.05) is 12.4 Å². The average Bonchev–Trinajstić information content (AvgIpc) is 2.70. The highest BCUT2D eigenvalue weighted by molar-refractivity contribution is 14.1. The Labute approximate surface area is 109 Å². The number of hydrogen-bond acceptors (Lipinski definition) is 2. The molecular weight excluding hydrogens is 313 g/mol. The number of imidazole rings is 1. The Kier molecular flexibility index (Phi) is 3.95. The van der Waals surface area contributed by atoms with Crippen LogP contribution in [0.2, 0.25) is 0 Å². The van der Waals surface area contributed by atoms with Gasteiger partial charge < -0.3 is 10.3 Å². The van der Waals surface area contributed by atoms with Crippen molar-refractivity contribution in [3.63, 3.8) is 0 Å². The molecule has 0 amide bonds. The summed E-state index contributed by atoms with van der Waals surface area (Å²) in [6.45, 7) is 1.51. The van der Waals surface area contributed by atoms with Crippen LogP contribution >= 0.6 is 22.6 Å². The van der Waals surface area contributed by atoms with Crippen molar-refractivity contribution >= 4 is 22.6 Å². The molecule has 1 heterocycles. The van der Waals surface area contributed by atoms with E-state index < -0.39 is 0 Å². The molecule has 1 aromatic carbocycles. The zero-order chi connectivity index (χ0) is 11.4. The van der Waals surface area contributed by atoms with Crippen molar-refractivity contribution in [3.05, 3.63) is 51.6 Å². The van der Waals surface area contributed by atoms with Gasteiger partial charge in [0.1, 0.15) is 5.82 Å². The maximum absolute atomic E-state index is 5.55. The maximum Gasteiger partial charge on any atom is 0.110 e. The molecular formula is C12H14IN3. The van der Waals surface area contributed by atoms with Gasteiger partial charge in [0, 0.05) is 28.9 Å². The lowest BCUT2D eigenvalue weighted by molar-refractivity contribution is 0.716. The minimum Gasteiger partial charge on any atom is -0.330 e. The molecule has 0 saturated heterocycles. The Bertz CT molecular complexity index is 448. The lowest BCUT2D eigenvalue weighted by Gasteiger charge is -2.07. The zero-order valence-corrected chi connectivity index (χ0v) is 11.1. The highest BCUT2D eigenvalue weighted by atomic mass is 127. The average molecular weight is 327 g/mol. The first-order valence-corrected chi connectivity index (χ1v) is 6.32. The van der Waals surface area contributed by atoms with Crippen LogP contribution in [-0.4, -0.2) is 16.1 Å². The summed E-state index contributed by atoms with van der Waals surface area (Å²) in [6.07, 6.45) is 4.66. The van der Waals surface area contributed by atoms with Crippen molar-refractivity contribution in [1.82, 2.24) is 9.55 Å². The highest BCUT2D eigenvalue weighted by Gasteiger charge is 2.02. The van der Waals surface area contributed by atoms with E-state index in [-0.39, 0.29) is 0 Å². The quantitative estimate of drug-likeness (QED) is 0.874. The molecule has 2 aromatic rings. The van der Waals surface area contributed by atoms with Gasteiger partial charge in [-0.3, -0.25) is 0 Å². The predicted molar refractivity (Wildman–Crippen MR) is 73.2 cm³/mol. The largest absolute Gasteiger partial charge is 0.330 e. The van der Waals surface area contributed by atoms with Crippen molar-refractivity contribution in [1.29, 1.82) is 0 Å². The first kappa shape index (κ1) is 11.6. The number of aromatic nitrogens is 2. The second-order valence-electron chi connectivity index (χ2n) is 3.64. The van der Waals surface area contributed by atoms with Gasteiger partial charge in [0.25, 0.3) is 0 Å². The lowest BCUT2D eigenvalue weighted by Crippen LogP contribution is -2.10. The molecule has 84 valence electrons. The van der Waals surface area contributed by atoms with Gasteiger partial charge in [0.2, 0.25) is 0 Å². The molecule has 2 N–H and O–H groups in total. The van der Waals surface area contributed by atoms with Gasteiger partial charge >= 0.3 is 0 Å². The van der Waals surface area contributed by atoms with Crippen LogP contribution < -0.4 is 5.73 Å². The highest BCUT2D eigenvalue weighted by Crippen LogP contribution is 2.09. The Morgan fingerprint density at radius 1 is 1.25 bits per heavy atom. The molecule has 0 aliphatic rings. The predicted octanol–water partition coefficient (Wildman–Crippen LogP) is 2.04.